The topological polar surface area (TPSA) is 118 Å². The summed E-state index contributed by atoms with van der Waals surface area (Å²) in [6, 6.07) is 0. The summed E-state index contributed by atoms with van der Waals surface area (Å²) in [5.41, 5.74) is 18.4. The first-order chi connectivity index (χ1) is 21.8. The Morgan fingerprint density at radius 1 is 0.756 bits per heavy atom. The van der Waals surface area contributed by atoms with E-state index < -0.39 is 0 Å². The van der Waals surface area contributed by atoms with Crippen LogP contribution >= 0.6 is 0 Å². The van der Waals surface area contributed by atoms with Gasteiger partial charge in [0, 0.05) is 25.0 Å². The van der Waals surface area contributed by atoms with Gasteiger partial charge in [0.15, 0.2) is 0 Å². The van der Waals surface area contributed by atoms with Crippen molar-refractivity contribution in [3.63, 3.8) is 0 Å². The average molecular weight is 635 g/mol. The molecule has 0 bridgehead atoms. The van der Waals surface area contributed by atoms with Gasteiger partial charge < -0.3 is 36.7 Å². The summed E-state index contributed by atoms with van der Waals surface area (Å²) in [6.45, 7) is 16.2. The molecular formula is C38H74N4O3. The predicted molar refractivity (Wildman–Crippen MR) is 187 cm³/mol. The SMILES string of the molecule is CCCCCCCCNCCC[C@@H](C)C1CC[C@H]2C3[C@H](OCCN)CC4C[C@H](OCCN)CCC4(C)[C@H]3C[C@H](OCCN)C12C. The molecule has 0 aromatic heterocycles. The van der Waals surface area contributed by atoms with Crippen LogP contribution in [0.15, 0.2) is 0 Å². The van der Waals surface area contributed by atoms with Crippen LogP contribution in [-0.2, 0) is 14.2 Å². The summed E-state index contributed by atoms with van der Waals surface area (Å²) in [5, 5.41) is 3.75. The van der Waals surface area contributed by atoms with Crippen molar-refractivity contribution in [3.05, 3.63) is 0 Å². The average Bonchev–Trinajstić information content (AvgIpc) is 3.40. The summed E-state index contributed by atoms with van der Waals surface area (Å²) < 4.78 is 19.9. The highest BCUT2D eigenvalue weighted by molar-refractivity contribution is 5.15. The molecule has 4 fully saturated rings. The van der Waals surface area contributed by atoms with E-state index in [1.54, 1.807) is 0 Å². The molecule has 7 N–H and O–H groups in total. The minimum atomic E-state index is 0.163. The third kappa shape index (κ3) is 8.85. The standard InChI is InChI=1S/C38H74N4O3/c1-5-6-7-8-9-10-20-42-21-11-12-28(2)31-13-14-32-36-33(27-35(38(31,32)4)45-24-19-41)37(3)16-15-30(43-22-17-39)25-29(37)26-34(36)44-23-18-40/h28-36,42H,5-27,39-41H2,1-4H3/t28-,29?,30-,31?,32+,33+,34-,35+,36?,37?,38?/m1/s1. The van der Waals surface area contributed by atoms with E-state index in [1.807, 2.05) is 0 Å². The molecule has 4 aliphatic carbocycles. The molecule has 264 valence electrons. The molecule has 0 heterocycles. The van der Waals surface area contributed by atoms with E-state index >= 15 is 0 Å². The molecule has 0 spiro atoms. The summed E-state index contributed by atoms with van der Waals surface area (Å²) in [5.74, 6) is 3.81. The Morgan fingerprint density at radius 3 is 2.20 bits per heavy atom. The van der Waals surface area contributed by atoms with E-state index in [1.165, 1.54) is 77.2 Å². The molecule has 0 saturated heterocycles. The Kier molecular flexibility index (Phi) is 15.4. The number of nitrogens with two attached hydrogens (primary N) is 3. The molecule has 11 atom stereocenters. The maximum absolute atomic E-state index is 6.86. The highest BCUT2D eigenvalue weighted by Gasteiger charge is 2.66. The van der Waals surface area contributed by atoms with Crippen molar-refractivity contribution < 1.29 is 14.2 Å². The van der Waals surface area contributed by atoms with E-state index in [9.17, 15) is 0 Å². The fourth-order valence-electron chi connectivity index (χ4n) is 11.2. The Morgan fingerprint density at radius 2 is 1.44 bits per heavy atom. The molecule has 45 heavy (non-hydrogen) atoms. The van der Waals surface area contributed by atoms with Gasteiger partial charge in [-0.3, -0.25) is 0 Å². The number of nitrogens with one attached hydrogen (secondary N) is 1. The van der Waals surface area contributed by atoms with Crippen LogP contribution < -0.4 is 22.5 Å². The van der Waals surface area contributed by atoms with Gasteiger partial charge in [-0.2, -0.15) is 0 Å². The highest BCUT2D eigenvalue weighted by atomic mass is 16.5. The summed E-state index contributed by atoms with van der Waals surface area (Å²) in [4.78, 5) is 0. The Labute approximate surface area is 277 Å². The van der Waals surface area contributed by atoms with Gasteiger partial charge in [0.25, 0.3) is 0 Å². The molecule has 0 aliphatic heterocycles. The molecule has 5 unspecified atom stereocenters. The minimum Gasteiger partial charge on any atom is -0.377 e. The molecule has 0 radical (unpaired) electrons. The number of hydrogen-bond acceptors (Lipinski definition) is 7. The van der Waals surface area contributed by atoms with Crippen LogP contribution in [0.1, 0.15) is 124 Å². The Bertz CT molecular complexity index is 833. The summed E-state index contributed by atoms with van der Waals surface area (Å²) in [6.07, 6.45) is 20.1. The lowest BCUT2D eigenvalue weighted by Gasteiger charge is -2.64. The van der Waals surface area contributed by atoms with E-state index in [4.69, 9.17) is 31.4 Å². The lowest BCUT2D eigenvalue weighted by Crippen LogP contribution is -2.63. The predicted octanol–water partition coefficient (Wildman–Crippen LogP) is 6.26. The zero-order valence-corrected chi connectivity index (χ0v) is 29.9. The van der Waals surface area contributed by atoms with Crippen molar-refractivity contribution in [3.8, 4) is 0 Å². The monoisotopic (exact) mass is 635 g/mol. The zero-order chi connectivity index (χ0) is 32.3. The Balaban J connectivity index is 1.44. The number of rotatable bonds is 21. The van der Waals surface area contributed by atoms with Crippen LogP contribution in [0, 0.1) is 46.3 Å². The quantitative estimate of drug-likeness (QED) is 0.110. The second kappa shape index (κ2) is 18.5. The number of fused-ring (bicyclic) bond motifs is 5. The van der Waals surface area contributed by atoms with Crippen molar-refractivity contribution in [1.29, 1.82) is 0 Å². The van der Waals surface area contributed by atoms with E-state index in [2.05, 4.69) is 33.0 Å². The molecule has 0 aromatic rings. The van der Waals surface area contributed by atoms with Gasteiger partial charge in [-0.15, -0.1) is 0 Å². The van der Waals surface area contributed by atoms with Crippen LogP contribution in [0.3, 0.4) is 0 Å². The number of ether oxygens (including phenoxy) is 3. The van der Waals surface area contributed by atoms with Gasteiger partial charge in [0.2, 0.25) is 0 Å². The van der Waals surface area contributed by atoms with Crippen LogP contribution in [-0.4, -0.2) is 70.9 Å². The molecule has 4 aliphatic rings. The zero-order valence-electron chi connectivity index (χ0n) is 29.9. The maximum Gasteiger partial charge on any atom is 0.0637 e. The fourth-order valence-corrected chi connectivity index (χ4v) is 11.2. The van der Waals surface area contributed by atoms with Crippen LogP contribution in [0.4, 0.5) is 0 Å². The molecule has 4 rings (SSSR count). The van der Waals surface area contributed by atoms with Crippen molar-refractivity contribution in [2.75, 3.05) is 52.5 Å². The number of unbranched alkanes of at least 4 members (excludes halogenated alkanes) is 5. The first-order valence-electron chi connectivity index (χ1n) is 19.5. The van der Waals surface area contributed by atoms with Crippen molar-refractivity contribution in [1.82, 2.24) is 5.32 Å². The molecular weight excluding hydrogens is 560 g/mol. The first kappa shape index (κ1) is 37.5. The second-order valence-corrected chi connectivity index (χ2v) is 16.1. The van der Waals surface area contributed by atoms with E-state index in [0.29, 0.717) is 86.5 Å². The normalized spacial score (nSPS) is 38.5. The van der Waals surface area contributed by atoms with Gasteiger partial charge in [-0.05, 0) is 118 Å². The lowest BCUT2D eigenvalue weighted by atomic mass is 9.43. The van der Waals surface area contributed by atoms with Crippen molar-refractivity contribution in [2.45, 2.75) is 142 Å². The van der Waals surface area contributed by atoms with Gasteiger partial charge in [0.1, 0.15) is 0 Å². The van der Waals surface area contributed by atoms with Gasteiger partial charge in [-0.25, -0.2) is 0 Å². The van der Waals surface area contributed by atoms with Gasteiger partial charge in [-0.1, -0.05) is 59.8 Å². The van der Waals surface area contributed by atoms with Gasteiger partial charge >= 0.3 is 0 Å². The third-order valence-corrected chi connectivity index (χ3v) is 13.5. The third-order valence-electron chi connectivity index (χ3n) is 13.5. The first-order valence-corrected chi connectivity index (χ1v) is 19.5. The number of hydrogen-bond donors (Lipinski definition) is 4. The second-order valence-electron chi connectivity index (χ2n) is 16.1. The van der Waals surface area contributed by atoms with Crippen LogP contribution in [0.25, 0.3) is 0 Å². The molecule has 7 nitrogen and oxygen atoms in total. The van der Waals surface area contributed by atoms with E-state index in [-0.39, 0.29) is 17.6 Å². The molecule has 4 saturated carbocycles. The molecule has 0 amide bonds. The van der Waals surface area contributed by atoms with Gasteiger partial charge in [0.05, 0.1) is 38.1 Å². The minimum absolute atomic E-state index is 0.163. The largest absolute Gasteiger partial charge is 0.377 e. The van der Waals surface area contributed by atoms with Crippen LogP contribution in [0.5, 0.6) is 0 Å². The molecule has 7 heteroatoms. The van der Waals surface area contributed by atoms with E-state index in [0.717, 1.165) is 32.2 Å². The van der Waals surface area contributed by atoms with Crippen LogP contribution in [0.2, 0.25) is 0 Å². The fraction of sp³-hybridized carbons (Fsp3) is 1.00. The Hall–Kier alpha value is -0.280. The summed E-state index contributed by atoms with van der Waals surface area (Å²) in [7, 11) is 0. The maximum atomic E-state index is 6.86. The van der Waals surface area contributed by atoms with Crippen molar-refractivity contribution >= 4 is 0 Å². The highest BCUT2D eigenvalue weighted by Crippen LogP contribution is 2.69. The smallest absolute Gasteiger partial charge is 0.0637 e. The van der Waals surface area contributed by atoms with Crippen molar-refractivity contribution in [2.24, 2.45) is 63.5 Å². The summed E-state index contributed by atoms with van der Waals surface area (Å²) >= 11 is 0. The molecule has 0 aromatic carbocycles. The lowest BCUT2D eigenvalue weighted by molar-refractivity contribution is -0.226.